The number of hydrogen-bond donors (Lipinski definition) is 1. The first-order valence-corrected chi connectivity index (χ1v) is 9.93. The normalized spacial score (nSPS) is 28.1. The van der Waals surface area contributed by atoms with Crippen LogP contribution < -0.4 is 4.90 Å². The van der Waals surface area contributed by atoms with E-state index in [1.54, 1.807) is 48.5 Å². The zero-order valence-corrected chi connectivity index (χ0v) is 15.9. The van der Waals surface area contributed by atoms with E-state index >= 15 is 0 Å². The lowest BCUT2D eigenvalue weighted by Crippen LogP contribution is -2.57. The molecule has 1 fully saturated rings. The number of anilines is 1. The summed E-state index contributed by atoms with van der Waals surface area (Å²) in [6, 6.07) is 23.5. The third kappa shape index (κ3) is 1.77. The van der Waals surface area contributed by atoms with Crippen LogP contribution in [0.15, 0.2) is 78.9 Å². The molecule has 2 amide bonds. The molecule has 3 aliphatic carbocycles. The van der Waals surface area contributed by atoms with Crippen LogP contribution in [0.5, 0.6) is 0 Å². The van der Waals surface area contributed by atoms with Gasteiger partial charge in [0.2, 0.25) is 11.8 Å². The largest absolute Gasteiger partial charge is 0.480 e. The fourth-order valence-corrected chi connectivity index (χ4v) is 5.97. The van der Waals surface area contributed by atoms with Crippen LogP contribution in [0.1, 0.15) is 28.2 Å². The monoisotopic (exact) mass is 395 g/mol. The number of carboxylic acids is 1. The van der Waals surface area contributed by atoms with E-state index in [2.05, 4.69) is 0 Å². The van der Waals surface area contributed by atoms with Crippen LogP contribution in [-0.2, 0) is 19.8 Å². The van der Waals surface area contributed by atoms with Gasteiger partial charge in [0, 0.05) is 5.92 Å². The molecule has 7 rings (SSSR count). The van der Waals surface area contributed by atoms with E-state index in [-0.39, 0.29) is 11.8 Å². The molecule has 0 radical (unpaired) electrons. The summed E-state index contributed by atoms with van der Waals surface area (Å²) in [7, 11) is 0. The van der Waals surface area contributed by atoms with E-state index in [0.717, 1.165) is 11.1 Å². The Kier molecular flexibility index (Phi) is 3.24. The number of benzene rings is 3. The lowest BCUT2D eigenvalue weighted by Gasteiger charge is -2.51. The molecule has 3 aromatic carbocycles. The predicted molar refractivity (Wildman–Crippen MR) is 109 cm³/mol. The minimum atomic E-state index is -1.58. The third-order valence-electron chi connectivity index (χ3n) is 6.97. The topological polar surface area (TPSA) is 74.7 Å². The van der Waals surface area contributed by atoms with Crippen molar-refractivity contribution in [3.63, 3.8) is 0 Å². The van der Waals surface area contributed by atoms with Gasteiger partial charge in [-0.2, -0.15) is 0 Å². The van der Waals surface area contributed by atoms with Gasteiger partial charge in [0.15, 0.2) is 0 Å². The molecule has 5 heteroatoms. The van der Waals surface area contributed by atoms with Gasteiger partial charge in [-0.15, -0.1) is 0 Å². The van der Waals surface area contributed by atoms with Crippen molar-refractivity contribution in [2.24, 2.45) is 11.8 Å². The van der Waals surface area contributed by atoms with Gasteiger partial charge in [-0.25, -0.2) is 4.90 Å². The third-order valence-corrected chi connectivity index (χ3v) is 6.97. The van der Waals surface area contributed by atoms with Crippen LogP contribution in [0.4, 0.5) is 5.69 Å². The zero-order chi connectivity index (χ0) is 20.6. The van der Waals surface area contributed by atoms with Gasteiger partial charge in [-0.3, -0.25) is 14.4 Å². The lowest BCUT2D eigenvalue weighted by atomic mass is 9.47. The average molecular weight is 395 g/mol. The number of carbonyl (C=O) groups excluding carboxylic acids is 2. The van der Waals surface area contributed by atoms with Crippen molar-refractivity contribution in [2.45, 2.75) is 11.3 Å². The maximum Gasteiger partial charge on any atom is 0.319 e. The van der Waals surface area contributed by atoms with Gasteiger partial charge >= 0.3 is 5.97 Å². The number of imide groups is 1. The van der Waals surface area contributed by atoms with Gasteiger partial charge in [-0.05, 0) is 34.4 Å². The molecule has 1 aliphatic heterocycles. The second kappa shape index (κ2) is 5.66. The Labute approximate surface area is 172 Å². The summed E-state index contributed by atoms with van der Waals surface area (Å²) in [5.74, 6) is -3.90. The second-order valence-electron chi connectivity index (χ2n) is 8.12. The smallest absolute Gasteiger partial charge is 0.319 e. The number of hydrogen-bond acceptors (Lipinski definition) is 3. The zero-order valence-electron chi connectivity index (χ0n) is 15.9. The van der Waals surface area contributed by atoms with Gasteiger partial charge in [-0.1, -0.05) is 66.7 Å². The van der Waals surface area contributed by atoms with Crippen molar-refractivity contribution in [1.82, 2.24) is 0 Å². The van der Waals surface area contributed by atoms with Crippen molar-refractivity contribution in [2.75, 3.05) is 4.90 Å². The van der Waals surface area contributed by atoms with Gasteiger partial charge in [0.1, 0.15) is 5.41 Å². The van der Waals surface area contributed by atoms with E-state index in [0.29, 0.717) is 16.8 Å². The van der Waals surface area contributed by atoms with Gasteiger partial charge < -0.3 is 5.11 Å². The summed E-state index contributed by atoms with van der Waals surface area (Å²) >= 11 is 0. The predicted octanol–water partition coefficient (Wildman–Crippen LogP) is 3.32. The highest BCUT2D eigenvalue weighted by Gasteiger charge is 2.71. The van der Waals surface area contributed by atoms with Crippen molar-refractivity contribution in [3.8, 4) is 0 Å². The number of carbonyl (C=O) groups is 3. The average Bonchev–Trinajstić information content (AvgIpc) is 3.05. The molecule has 146 valence electrons. The summed E-state index contributed by atoms with van der Waals surface area (Å²) in [4.78, 5) is 41.6. The fraction of sp³-hybridized carbons (Fsp3) is 0.160. The minimum absolute atomic E-state index is 0.323. The molecule has 2 atom stereocenters. The summed E-state index contributed by atoms with van der Waals surface area (Å²) < 4.78 is 0. The number of aliphatic carboxylic acids is 1. The van der Waals surface area contributed by atoms with Crippen molar-refractivity contribution in [1.29, 1.82) is 0 Å². The molecule has 5 nitrogen and oxygen atoms in total. The first-order chi connectivity index (χ1) is 14.6. The Balaban J connectivity index is 1.70. The minimum Gasteiger partial charge on any atom is -0.480 e. The second-order valence-corrected chi connectivity index (χ2v) is 8.12. The molecule has 0 aromatic heterocycles. The molecule has 4 aliphatic rings. The molecule has 0 saturated carbocycles. The Morgan fingerprint density at radius 3 is 1.87 bits per heavy atom. The molecule has 2 bridgehead atoms. The quantitative estimate of drug-likeness (QED) is 0.676. The number of para-hydroxylation sites is 1. The van der Waals surface area contributed by atoms with E-state index in [4.69, 9.17) is 0 Å². The lowest BCUT2D eigenvalue weighted by molar-refractivity contribution is -0.149. The SMILES string of the molecule is O=C1[C@@H]2[C@@H](C(=O)N1c1ccccc1)C1c3ccccc3C2(C(=O)O)c2ccccc21. The first kappa shape index (κ1) is 17.2. The van der Waals surface area contributed by atoms with E-state index in [1.807, 2.05) is 30.3 Å². The Hall–Kier alpha value is -3.73. The molecule has 1 N–H and O–H groups in total. The first-order valence-electron chi connectivity index (χ1n) is 9.93. The van der Waals surface area contributed by atoms with Crippen LogP contribution >= 0.6 is 0 Å². The summed E-state index contributed by atoms with van der Waals surface area (Å²) in [5, 5.41) is 10.6. The molecule has 0 unspecified atom stereocenters. The van der Waals surface area contributed by atoms with Crippen LogP contribution in [0.25, 0.3) is 0 Å². The summed E-state index contributed by atoms with van der Waals surface area (Å²) in [6.45, 7) is 0. The van der Waals surface area contributed by atoms with Gasteiger partial charge in [0.25, 0.3) is 0 Å². The molecule has 1 heterocycles. The van der Waals surface area contributed by atoms with Crippen molar-refractivity contribution < 1.29 is 19.5 Å². The van der Waals surface area contributed by atoms with Crippen molar-refractivity contribution >= 4 is 23.5 Å². The van der Waals surface area contributed by atoms with Crippen molar-refractivity contribution in [3.05, 3.63) is 101 Å². The number of amides is 2. The number of rotatable bonds is 2. The molecular formula is C25H17NO4. The maximum atomic E-state index is 13.7. The maximum absolute atomic E-state index is 13.7. The number of nitrogens with zero attached hydrogens (tertiary/aromatic N) is 1. The van der Waals surface area contributed by atoms with Crippen LogP contribution in [0.3, 0.4) is 0 Å². The molecule has 0 spiro atoms. The van der Waals surface area contributed by atoms with Crippen LogP contribution in [0.2, 0.25) is 0 Å². The molecular weight excluding hydrogens is 378 g/mol. The van der Waals surface area contributed by atoms with E-state index in [9.17, 15) is 19.5 Å². The Bertz CT molecular complexity index is 1200. The fourth-order valence-electron chi connectivity index (χ4n) is 5.97. The highest BCUT2D eigenvalue weighted by Crippen LogP contribution is 2.64. The Morgan fingerprint density at radius 1 is 0.767 bits per heavy atom. The van der Waals surface area contributed by atoms with Gasteiger partial charge in [0.05, 0.1) is 17.5 Å². The molecule has 30 heavy (non-hydrogen) atoms. The van der Waals surface area contributed by atoms with E-state index in [1.165, 1.54) is 4.90 Å². The molecule has 1 saturated heterocycles. The highest BCUT2D eigenvalue weighted by molar-refractivity contribution is 6.25. The van der Waals surface area contributed by atoms with Crippen LogP contribution in [-0.4, -0.2) is 22.9 Å². The Morgan fingerprint density at radius 2 is 1.30 bits per heavy atom. The van der Waals surface area contributed by atoms with Crippen LogP contribution in [0, 0.1) is 11.8 Å². The molecule has 3 aromatic rings. The highest BCUT2D eigenvalue weighted by atomic mass is 16.4. The summed E-state index contributed by atoms with van der Waals surface area (Å²) in [5.41, 5.74) is 1.81. The van der Waals surface area contributed by atoms with E-state index < -0.39 is 29.1 Å². The number of carboxylic acid groups (broad SMARTS) is 1. The summed E-state index contributed by atoms with van der Waals surface area (Å²) in [6.07, 6.45) is 0. The standard InChI is InChI=1S/C25H17NO4/c27-22-20-19-15-10-4-6-12-17(15)25(24(29)30,18-13-7-5-11-16(18)19)21(20)23(28)26(22)14-8-2-1-3-9-14/h1-13,19-21H,(H,29,30)/t19?,20-,21-,25?/m0/s1.